The van der Waals surface area contributed by atoms with Gasteiger partial charge in [-0.15, -0.1) is 0 Å². The molecule has 1 N–H and O–H groups in total. The third-order valence-corrected chi connectivity index (χ3v) is 23.9. The summed E-state index contributed by atoms with van der Waals surface area (Å²) in [7, 11) is 0. The van der Waals surface area contributed by atoms with E-state index in [4.69, 9.17) is 0 Å². The Morgan fingerprint density at radius 3 is 1.65 bits per heavy atom. The molecule has 0 heterocycles. The summed E-state index contributed by atoms with van der Waals surface area (Å²) < 4.78 is 6.78. The Morgan fingerprint density at radius 1 is 0.750 bits per heavy atom. The average molecular weight is 765 g/mol. The first kappa shape index (κ1) is 36.1. The molecule has 0 aromatic heterocycles. The quantitative estimate of drug-likeness (QED) is 0.0678. The molecule has 0 atom stereocenters. The van der Waals surface area contributed by atoms with E-state index in [1.807, 2.05) is 36.4 Å². The second kappa shape index (κ2) is 22.7. The number of unbranched alkanes of at least 4 members (excludes halogenated alkanes) is 3. The van der Waals surface area contributed by atoms with E-state index in [2.05, 4.69) is 85.1 Å². The summed E-state index contributed by atoms with van der Waals surface area (Å²) in [6.45, 7) is 7.81. The summed E-state index contributed by atoms with van der Waals surface area (Å²) in [5.74, 6) is 0. The molecule has 0 aliphatic carbocycles. The van der Waals surface area contributed by atoms with Crippen LogP contribution in [0.5, 0.6) is 0 Å². The van der Waals surface area contributed by atoms with E-state index in [0.717, 1.165) is 3.58 Å². The minimum Gasteiger partial charge on any atom is -0.355 e. The Hall–Kier alpha value is -1.94. The van der Waals surface area contributed by atoms with Crippen molar-refractivity contribution in [3.05, 3.63) is 83.9 Å². The first-order valence-electron chi connectivity index (χ1n) is 14.5. The number of benzene rings is 2. The zero-order valence-corrected chi connectivity index (χ0v) is 29.5. The summed E-state index contributed by atoms with van der Waals surface area (Å²) >= 11 is -0.403. The van der Waals surface area contributed by atoms with Gasteiger partial charge in [-0.05, 0) is 28.2 Å². The van der Waals surface area contributed by atoms with Crippen LogP contribution in [-0.2, 0) is 14.4 Å². The fourth-order valence-electron chi connectivity index (χ4n) is 4.80. The van der Waals surface area contributed by atoms with Crippen LogP contribution in [0.2, 0.25) is 13.3 Å². The average Bonchev–Trinajstić information content (AvgIpc) is 3.01. The molecule has 218 valence electrons. The fraction of sp³-hybridized carbons (Fsp3) is 0.424. The first-order valence-corrected chi connectivity index (χ1v) is 23.1. The van der Waals surface area contributed by atoms with Gasteiger partial charge in [0, 0.05) is 10.1 Å². The predicted molar refractivity (Wildman–Crippen MR) is 181 cm³/mol. The van der Waals surface area contributed by atoms with Crippen LogP contribution in [0.15, 0.2) is 72.8 Å². The number of nitrogens with one attached hydrogen (secondary N) is 1. The van der Waals surface area contributed by atoms with Crippen molar-refractivity contribution in [3.8, 4) is 0 Å². The maximum atomic E-state index is 11.1. The molecule has 0 fully saturated rings. The Kier molecular flexibility index (Phi) is 20.5. The Labute approximate surface area is 259 Å². The zero-order valence-electron chi connectivity index (χ0n) is 24.5. The number of amides is 3. The molecule has 0 aliphatic rings. The molecule has 0 aliphatic heterocycles. The topological polar surface area (TPSA) is 66.5 Å². The van der Waals surface area contributed by atoms with Crippen molar-refractivity contribution in [2.75, 3.05) is 13.1 Å². The maximum absolute atomic E-state index is 11.1. The fourth-order valence-corrected chi connectivity index (χ4v) is 22.4. The molecule has 0 unspecified atom stereocenters. The van der Waals surface area contributed by atoms with Crippen LogP contribution < -0.4 is 5.32 Å². The third-order valence-electron chi connectivity index (χ3n) is 6.99. The Bertz CT molecular complexity index is 999. The third kappa shape index (κ3) is 13.6. The van der Waals surface area contributed by atoms with Crippen LogP contribution in [0.4, 0.5) is 0 Å². The zero-order chi connectivity index (χ0) is 29.5. The number of carbonyl (C=O) groups is 3. The van der Waals surface area contributed by atoms with E-state index in [1.165, 1.54) is 71.5 Å². The van der Waals surface area contributed by atoms with E-state index < -0.39 is 18.4 Å². The number of imide groups is 1. The number of rotatable bonds is 19. The Morgan fingerprint density at radius 2 is 1.23 bits per heavy atom. The molecule has 2 rings (SSSR count). The maximum Gasteiger partial charge on any atom is 0.207 e. The monoisotopic (exact) mass is 766 g/mol. The largest absolute Gasteiger partial charge is 0.355 e. The standard InChI is InChI=1S/C11H10NO2.C10H10INO.3C4H9.Sn/c13-9-12(10-14)8-4-7-11-5-2-1-3-6-11;11-10(6-7-12-8-13)9-4-2-1-3-5-9;3*1-3-4-2;/h1-6,9-10H,8H2;1-6,8H,7H2,(H,12,13);3*1,3-4H2,2H3;/b;10-6+;;;;. The number of nitrogens with zero attached hydrogens (tertiary/aromatic N) is 1. The molecule has 0 bridgehead atoms. The minimum atomic E-state index is -2.66. The number of hydrogen-bond donors (Lipinski definition) is 1. The van der Waals surface area contributed by atoms with Crippen LogP contribution in [0.25, 0.3) is 7.17 Å². The van der Waals surface area contributed by atoms with Gasteiger partial charge in [0.15, 0.2) is 0 Å². The second-order valence-corrected chi connectivity index (χ2v) is 24.2. The molecule has 0 spiro atoms. The number of carbonyl (C=O) groups excluding carboxylic acids is 3. The van der Waals surface area contributed by atoms with Gasteiger partial charge >= 0.3 is 170 Å². The van der Waals surface area contributed by atoms with E-state index in [1.54, 1.807) is 0 Å². The molecule has 40 heavy (non-hydrogen) atoms. The summed E-state index contributed by atoms with van der Waals surface area (Å²) in [6.07, 6.45) is 13.7. The van der Waals surface area contributed by atoms with E-state index in [9.17, 15) is 14.4 Å². The minimum absolute atomic E-state index is 0.389. The SMILES string of the molecule is CCC[CH2][Sn]([CH2]CCC)([CH2]CCC)/[C](=C/CN(C=O)C=O)c1ccccc1.O=CNC/C=C(/I)c1ccccc1. The molecule has 5 nitrogen and oxygen atoms in total. The van der Waals surface area contributed by atoms with Crippen molar-refractivity contribution < 1.29 is 14.4 Å². The molecule has 2 aromatic carbocycles. The van der Waals surface area contributed by atoms with Gasteiger partial charge in [0.05, 0.1) is 0 Å². The van der Waals surface area contributed by atoms with E-state index >= 15 is 0 Å². The van der Waals surface area contributed by atoms with Gasteiger partial charge in [-0.25, -0.2) is 0 Å². The van der Waals surface area contributed by atoms with Gasteiger partial charge in [-0.1, -0.05) is 36.4 Å². The second-order valence-electron chi connectivity index (χ2n) is 9.93. The van der Waals surface area contributed by atoms with Gasteiger partial charge in [0.1, 0.15) is 0 Å². The van der Waals surface area contributed by atoms with Gasteiger partial charge in [-0.2, -0.15) is 0 Å². The summed E-state index contributed by atoms with van der Waals surface area (Å²) in [5.41, 5.74) is 2.49. The van der Waals surface area contributed by atoms with Crippen molar-refractivity contribution >= 4 is 67.4 Å². The van der Waals surface area contributed by atoms with E-state index in [0.29, 0.717) is 32.3 Å². The Balaban J connectivity index is 0.000000512. The van der Waals surface area contributed by atoms with Crippen LogP contribution in [0, 0.1) is 0 Å². The summed E-state index contributed by atoms with van der Waals surface area (Å²) in [5, 5.41) is 2.59. The van der Waals surface area contributed by atoms with Crippen molar-refractivity contribution in [2.24, 2.45) is 0 Å². The number of halogens is 1. The van der Waals surface area contributed by atoms with Crippen LogP contribution >= 0.6 is 22.6 Å². The molecule has 0 saturated carbocycles. The molecule has 3 amide bonds. The molecule has 0 radical (unpaired) electrons. The molecule has 2 aromatic rings. The molecular weight excluding hydrogens is 718 g/mol. The predicted octanol–water partition coefficient (Wildman–Crippen LogP) is 8.28. The van der Waals surface area contributed by atoms with Crippen LogP contribution in [-0.4, -0.2) is 55.6 Å². The van der Waals surface area contributed by atoms with Crippen LogP contribution in [0.1, 0.15) is 70.4 Å². The van der Waals surface area contributed by atoms with Gasteiger partial charge in [-0.3, -0.25) is 4.79 Å². The van der Waals surface area contributed by atoms with Gasteiger partial charge in [0.25, 0.3) is 0 Å². The van der Waals surface area contributed by atoms with Crippen molar-refractivity contribution in [1.82, 2.24) is 10.2 Å². The summed E-state index contributed by atoms with van der Waals surface area (Å²) in [6, 6.07) is 20.8. The molecular formula is C33H47IN2O3Sn. The first-order chi connectivity index (χ1) is 19.5. The molecule has 0 saturated heterocycles. The van der Waals surface area contributed by atoms with Crippen LogP contribution in [0.3, 0.4) is 0 Å². The van der Waals surface area contributed by atoms with Gasteiger partial charge in [0.2, 0.25) is 6.41 Å². The van der Waals surface area contributed by atoms with Gasteiger partial charge < -0.3 is 5.32 Å². The number of hydrogen-bond acceptors (Lipinski definition) is 3. The van der Waals surface area contributed by atoms with Crippen molar-refractivity contribution in [1.29, 1.82) is 0 Å². The van der Waals surface area contributed by atoms with E-state index in [-0.39, 0.29) is 0 Å². The van der Waals surface area contributed by atoms with Crippen molar-refractivity contribution in [2.45, 2.75) is 72.6 Å². The van der Waals surface area contributed by atoms with Crippen molar-refractivity contribution in [3.63, 3.8) is 0 Å². The molecule has 7 heteroatoms. The summed E-state index contributed by atoms with van der Waals surface area (Å²) in [4.78, 5) is 33.5. The normalized spacial score (nSPS) is 11.7. The smallest absolute Gasteiger partial charge is 0.207 e.